The third-order valence-corrected chi connectivity index (χ3v) is 3.99. The zero-order valence-corrected chi connectivity index (χ0v) is 14.3. The molecule has 2 aromatic carbocycles. The highest BCUT2D eigenvalue weighted by Gasteiger charge is 2.15. The van der Waals surface area contributed by atoms with Gasteiger partial charge in [0, 0.05) is 5.02 Å². The lowest BCUT2D eigenvalue weighted by Gasteiger charge is -2.10. The minimum atomic E-state index is -0.708. The summed E-state index contributed by atoms with van der Waals surface area (Å²) in [6, 6.07) is 9.66. The Labute approximate surface area is 151 Å². The van der Waals surface area contributed by atoms with Gasteiger partial charge in [0.1, 0.15) is 6.54 Å². The lowest BCUT2D eigenvalue weighted by Crippen LogP contribution is -2.27. The summed E-state index contributed by atoms with van der Waals surface area (Å²) in [5, 5.41) is 0.935. The summed E-state index contributed by atoms with van der Waals surface area (Å²) < 4.78 is 6.31. The molecule has 122 valence electrons. The number of carbonyl (C=O) groups is 1. The Bertz CT molecular complexity index is 978. The van der Waals surface area contributed by atoms with Crippen molar-refractivity contribution in [2.24, 2.45) is 0 Å². The number of hydrogen-bond acceptors (Lipinski definition) is 4. The Morgan fingerprint density at radius 1 is 1.12 bits per heavy atom. The first-order valence-electron chi connectivity index (χ1n) is 6.75. The average Bonchev–Trinajstić information content (AvgIpc) is 2.54. The molecule has 24 heavy (non-hydrogen) atoms. The van der Waals surface area contributed by atoms with Crippen LogP contribution in [-0.2, 0) is 11.3 Å². The molecule has 0 spiro atoms. The number of fused-ring (bicyclic) bond motifs is 1. The van der Waals surface area contributed by atoms with E-state index in [1.54, 1.807) is 24.3 Å². The van der Waals surface area contributed by atoms with Crippen LogP contribution in [-0.4, -0.2) is 15.5 Å². The summed E-state index contributed by atoms with van der Waals surface area (Å²) in [6.45, 7) is -0.327. The number of benzene rings is 2. The minimum Gasteiger partial charge on any atom is -0.422 e. The number of carbonyl (C=O) groups excluding carboxylic acids is 1. The summed E-state index contributed by atoms with van der Waals surface area (Å²) in [7, 11) is 0. The van der Waals surface area contributed by atoms with Crippen LogP contribution < -0.4 is 10.3 Å². The highest BCUT2D eigenvalue weighted by Crippen LogP contribution is 2.35. The van der Waals surface area contributed by atoms with E-state index in [2.05, 4.69) is 4.98 Å². The second-order valence-corrected chi connectivity index (χ2v) is 6.12. The summed E-state index contributed by atoms with van der Waals surface area (Å²) in [5.41, 5.74) is 0.210. The highest BCUT2D eigenvalue weighted by molar-refractivity contribution is 6.40. The zero-order chi connectivity index (χ0) is 17.3. The molecule has 1 aromatic heterocycles. The maximum absolute atomic E-state index is 12.3. The van der Waals surface area contributed by atoms with Crippen LogP contribution in [0.4, 0.5) is 0 Å². The smallest absolute Gasteiger partial charge is 0.331 e. The van der Waals surface area contributed by atoms with Gasteiger partial charge in [-0.15, -0.1) is 0 Å². The molecule has 3 rings (SSSR count). The van der Waals surface area contributed by atoms with Gasteiger partial charge < -0.3 is 4.74 Å². The van der Waals surface area contributed by atoms with Crippen molar-refractivity contribution in [3.05, 3.63) is 68.1 Å². The standard InChI is InChI=1S/C16H9Cl3N2O3/c17-9-5-11(18)15(12(19)6-9)24-14(22)7-21-8-20-13-4-2-1-3-10(13)16(21)23/h1-6,8H,7H2. The fourth-order valence-electron chi connectivity index (χ4n) is 2.13. The number of nitrogens with zero attached hydrogens (tertiary/aromatic N) is 2. The maximum Gasteiger partial charge on any atom is 0.331 e. The molecule has 0 aliphatic rings. The fourth-order valence-corrected chi connectivity index (χ4v) is 3.02. The maximum atomic E-state index is 12.3. The summed E-state index contributed by atoms with van der Waals surface area (Å²) in [6.07, 6.45) is 1.29. The summed E-state index contributed by atoms with van der Waals surface area (Å²) >= 11 is 17.7. The van der Waals surface area contributed by atoms with Gasteiger partial charge in [0.15, 0.2) is 5.75 Å². The number of esters is 1. The Kier molecular flexibility index (Phi) is 4.76. The van der Waals surface area contributed by atoms with Gasteiger partial charge in [-0.2, -0.15) is 0 Å². The quantitative estimate of drug-likeness (QED) is 0.507. The van der Waals surface area contributed by atoms with E-state index in [9.17, 15) is 9.59 Å². The first kappa shape index (κ1) is 16.8. The van der Waals surface area contributed by atoms with Gasteiger partial charge >= 0.3 is 5.97 Å². The van der Waals surface area contributed by atoms with E-state index in [-0.39, 0.29) is 27.9 Å². The summed E-state index contributed by atoms with van der Waals surface area (Å²) in [5.74, 6) is -0.713. The average molecular weight is 384 g/mol. The Balaban J connectivity index is 1.86. The largest absolute Gasteiger partial charge is 0.422 e. The molecule has 0 aliphatic heterocycles. The monoisotopic (exact) mass is 382 g/mol. The number of rotatable bonds is 3. The predicted molar refractivity (Wildman–Crippen MR) is 93.1 cm³/mol. The van der Waals surface area contributed by atoms with Crippen LogP contribution in [0.5, 0.6) is 5.75 Å². The molecule has 0 saturated carbocycles. The molecule has 0 bridgehead atoms. The fraction of sp³-hybridized carbons (Fsp3) is 0.0625. The van der Waals surface area contributed by atoms with Gasteiger partial charge in [-0.3, -0.25) is 9.36 Å². The third kappa shape index (κ3) is 3.38. The van der Waals surface area contributed by atoms with Crippen LogP contribution in [0.1, 0.15) is 0 Å². The molecule has 5 nitrogen and oxygen atoms in total. The highest BCUT2D eigenvalue weighted by atomic mass is 35.5. The zero-order valence-electron chi connectivity index (χ0n) is 12.0. The van der Waals surface area contributed by atoms with Gasteiger partial charge in [0.25, 0.3) is 5.56 Å². The van der Waals surface area contributed by atoms with Crippen LogP contribution in [0, 0.1) is 0 Å². The number of halogens is 3. The molecule has 0 amide bonds. The first-order valence-corrected chi connectivity index (χ1v) is 7.88. The predicted octanol–water partition coefficient (Wildman–Crippen LogP) is 3.96. The van der Waals surface area contributed by atoms with E-state index in [0.717, 1.165) is 4.57 Å². The minimum absolute atomic E-state index is 0.00506. The van der Waals surface area contributed by atoms with Crippen molar-refractivity contribution in [2.75, 3.05) is 0 Å². The van der Waals surface area contributed by atoms with Crippen molar-refractivity contribution in [3.8, 4) is 5.75 Å². The number of para-hydroxylation sites is 1. The normalized spacial score (nSPS) is 10.8. The van der Waals surface area contributed by atoms with E-state index in [4.69, 9.17) is 39.5 Å². The van der Waals surface area contributed by atoms with Gasteiger partial charge in [-0.1, -0.05) is 46.9 Å². The molecule has 0 saturated heterocycles. The lowest BCUT2D eigenvalue weighted by atomic mass is 10.2. The van der Waals surface area contributed by atoms with Gasteiger partial charge in [0.2, 0.25) is 0 Å². The van der Waals surface area contributed by atoms with Crippen LogP contribution in [0.3, 0.4) is 0 Å². The molecular formula is C16H9Cl3N2O3. The molecule has 3 aromatic rings. The summed E-state index contributed by atoms with van der Waals surface area (Å²) in [4.78, 5) is 28.6. The van der Waals surface area contributed by atoms with Crippen LogP contribution in [0.15, 0.2) is 47.5 Å². The van der Waals surface area contributed by atoms with Crippen molar-refractivity contribution in [1.29, 1.82) is 0 Å². The topological polar surface area (TPSA) is 61.2 Å². The van der Waals surface area contributed by atoms with Crippen molar-refractivity contribution in [2.45, 2.75) is 6.54 Å². The molecule has 0 N–H and O–H groups in total. The second-order valence-electron chi connectivity index (χ2n) is 4.87. The van der Waals surface area contributed by atoms with E-state index >= 15 is 0 Å². The number of aromatic nitrogens is 2. The third-order valence-electron chi connectivity index (χ3n) is 3.21. The molecular weight excluding hydrogens is 375 g/mol. The van der Waals surface area contributed by atoms with Gasteiger partial charge in [-0.05, 0) is 24.3 Å². The SMILES string of the molecule is O=C(Cn1cnc2ccccc2c1=O)Oc1c(Cl)cc(Cl)cc1Cl. The van der Waals surface area contributed by atoms with Crippen molar-refractivity contribution in [3.63, 3.8) is 0 Å². The van der Waals surface area contributed by atoms with Crippen molar-refractivity contribution >= 4 is 51.7 Å². The molecule has 0 aliphatic carbocycles. The van der Waals surface area contributed by atoms with E-state index in [0.29, 0.717) is 15.9 Å². The number of ether oxygens (including phenoxy) is 1. The Hall–Kier alpha value is -2.08. The van der Waals surface area contributed by atoms with Crippen LogP contribution >= 0.6 is 34.8 Å². The second kappa shape index (κ2) is 6.81. The van der Waals surface area contributed by atoms with Crippen LogP contribution in [0.25, 0.3) is 10.9 Å². The Morgan fingerprint density at radius 2 is 1.79 bits per heavy atom. The molecule has 0 fully saturated rings. The van der Waals surface area contributed by atoms with Crippen molar-refractivity contribution < 1.29 is 9.53 Å². The Morgan fingerprint density at radius 3 is 2.50 bits per heavy atom. The van der Waals surface area contributed by atoms with E-state index in [1.807, 2.05) is 0 Å². The molecule has 0 unspecified atom stereocenters. The first-order chi connectivity index (χ1) is 11.5. The molecule has 0 atom stereocenters. The molecule has 8 heteroatoms. The molecule has 0 radical (unpaired) electrons. The molecule has 1 heterocycles. The van der Waals surface area contributed by atoms with Crippen LogP contribution in [0.2, 0.25) is 15.1 Å². The van der Waals surface area contributed by atoms with E-state index < -0.39 is 5.97 Å². The van der Waals surface area contributed by atoms with Gasteiger partial charge in [-0.25, -0.2) is 9.78 Å². The lowest BCUT2D eigenvalue weighted by molar-refractivity contribution is -0.135. The van der Waals surface area contributed by atoms with E-state index in [1.165, 1.54) is 18.5 Å². The van der Waals surface area contributed by atoms with Gasteiger partial charge in [0.05, 0.1) is 27.3 Å². The number of hydrogen-bond donors (Lipinski definition) is 0. The van der Waals surface area contributed by atoms with Crippen molar-refractivity contribution in [1.82, 2.24) is 9.55 Å².